The van der Waals surface area contributed by atoms with Gasteiger partial charge in [0.15, 0.2) is 0 Å². The highest BCUT2D eigenvalue weighted by atomic mass is 16.4. The molecule has 1 N–H and O–H groups in total. The maximum absolute atomic E-state index is 12.1. The van der Waals surface area contributed by atoms with Crippen molar-refractivity contribution in [3.63, 3.8) is 0 Å². The Morgan fingerprint density at radius 2 is 2.04 bits per heavy atom. The van der Waals surface area contributed by atoms with E-state index < -0.39 is 0 Å². The SMILES string of the molecule is Cc1cc2oc(=O)cc(CN3CCc4[nH]nc(C5CCC5)c4C3)c2cc1C. The summed E-state index contributed by atoms with van der Waals surface area (Å²) in [5.74, 6) is 0.639. The summed E-state index contributed by atoms with van der Waals surface area (Å²) in [5, 5.41) is 8.95. The quantitative estimate of drug-likeness (QED) is 0.716. The Morgan fingerprint density at radius 1 is 1.22 bits per heavy atom. The first-order valence-electron chi connectivity index (χ1n) is 9.91. The second kappa shape index (κ2) is 6.34. The lowest BCUT2D eigenvalue weighted by molar-refractivity contribution is 0.242. The maximum atomic E-state index is 12.1. The number of aromatic amines is 1. The van der Waals surface area contributed by atoms with E-state index in [1.165, 1.54) is 41.8 Å². The molecule has 0 radical (unpaired) electrons. The normalized spacial score (nSPS) is 17.9. The van der Waals surface area contributed by atoms with Gasteiger partial charge in [-0.15, -0.1) is 0 Å². The van der Waals surface area contributed by atoms with Gasteiger partial charge in [0.25, 0.3) is 0 Å². The highest BCUT2D eigenvalue weighted by Crippen LogP contribution is 2.39. The molecule has 140 valence electrons. The van der Waals surface area contributed by atoms with Crippen molar-refractivity contribution < 1.29 is 4.42 Å². The summed E-state index contributed by atoms with van der Waals surface area (Å²) < 4.78 is 5.45. The molecule has 3 aromatic rings. The van der Waals surface area contributed by atoms with Crippen LogP contribution >= 0.6 is 0 Å². The van der Waals surface area contributed by atoms with Crippen LogP contribution in [-0.2, 0) is 19.5 Å². The minimum Gasteiger partial charge on any atom is -0.423 e. The second-order valence-corrected chi connectivity index (χ2v) is 8.18. The van der Waals surface area contributed by atoms with Crippen LogP contribution in [0.4, 0.5) is 0 Å². The van der Waals surface area contributed by atoms with Crippen LogP contribution in [0.25, 0.3) is 11.0 Å². The van der Waals surface area contributed by atoms with Gasteiger partial charge in [0.2, 0.25) is 0 Å². The first-order chi connectivity index (χ1) is 13.1. The van der Waals surface area contributed by atoms with E-state index in [4.69, 9.17) is 4.42 Å². The van der Waals surface area contributed by atoms with Crippen molar-refractivity contribution in [2.75, 3.05) is 6.54 Å². The van der Waals surface area contributed by atoms with E-state index >= 15 is 0 Å². The minimum absolute atomic E-state index is 0.267. The van der Waals surface area contributed by atoms with Gasteiger partial charge in [0.05, 0.1) is 5.69 Å². The minimum atomic E-state index is -0.267. The number of hydrogen-bond acceptors (Lipinski definition) is 4. The summed E-state index contributed by atoms with van der Waals surface area (Å²) in [5.41, 5.74) is 7.83. The van der Waals surface area contributed by atoms with Crippen LogP contribution in [0, 0.1) is 13.8 Å². The van der Waals surface area contributed by atoms with Crippen LogP contribution in [0.15, 0.2) is 27.4 Å². The summed E-state index contributed by atoms with van der Waals surface area (Å²) in [6.45, 7) is 6.80. The molecular formula is C22H25N3O2. The van der Waals surface area contributed by atoms with Crippen LogP contribution in [0.2, 0.25) is 0 Å². The monoisotopic (exact) mass is 363 g/mol. The Balaban J connectivity index is 1.47. The second-order valence-electron chi connectivity index (χ2n) is 8.18. The fraction of sp³-hybridized carbons (Fsp3) is 0.455. The van der Waals surface area contributed by atoms with E-state index in [9.17, 15) is 4.79 Å². The number of benzene rings is 1. The molecule has 5 rings (SSSR count). The van der Waals surface area contributed by atoms with Gasteiger partial charge in [0.1, 0.15) is 5.58 Å². The standard InChI is InChI=1S/C22H25N3O2/c1-13-8-17-16(10-21(26)27-20(17)9-14(13)2)11-25-7-6-19-18(12-25)22(24-23-19)15-4-3-5-15/h8-10,15H,3-7,11-12H2,1-2H3,(H,23,24). The molecule has 2 aliphatic rings. The van der Waals surface area contributed by atoms with Crippen molar-refractivity contribution in [2.45, 2.75) is 58.5 Å². The van der Waals surface area contributed by atoms with Gasteiger partial charge in [-0.3, -0.25) is 10.00 Å². The van der Waals surface area contributed by atoms with Gasteiger partial charge in [-0.1, -0.05) is 6.42 Å². The van der Waals surface area contributed by atoms with Crippen molar-refractivity contribution in [3.05, 3.63) is 62.3 Å². The van der Waals surface area contributed by atoms with Crippen LogP contribution in [-0.4, -0.2) is 21.6 Å². The van der Waals surface area contributed by atoms with Crippen LogP contribution < -0.4 is 5.63 Å². The lowest BCUT2D eigenvalue weighted by Crippen LogP contribution is -2.31. The molecule has 0 unspecified atom stereocenters. The number of aryl methyl sites for hydroxylation is 2. The van der Waals surface area contributed by atoms with Crippen molar-refractivity contribution >= 4 is 11.0 Å². The lowest BCUT2D eigenvalue weighted by Gasteiger charge is -2.30. The van der Waals surface area contributed by atoms with E-state index in [1.807, 2.05) is 6.07 Å². The van der Waals surface area contributed by atoms with Gasteiger partial charge >= 0.3 is 5.63 Å². The molecule has 27 heavy (non-hydrogen) atoms. The van der Waals surface area contributed by atoms with E-state index in [0.29, 0.717) is 11.5 Å². The predicted molar refractivity (Wildman–Crippen MR) is 105 cm³/mol. The molecule has 1 aliphatic carbocycles. The van der Waals surface area contributed by atoms with Gasteiger partial charge in [-0.25, -0.2) is 4.79 Å². The van der Waals surface area contributed by atoms with Crippen LogP contribution in [0.1, 0.15) is 58.8 Å². The van der Waals surface area contributed by atoms with Crippen LogP contribution in [0.5, 0.6) is 0 Å². The van der Waals surface area contributed by atoms with Gasteiger partial charge in [0, 0.05) is 54.7 Å². The third-order valence-electron chi connectivity index (χ3n) is 6.37. The molecule has 1 saturated carbocycles. The van der Waals surface area contributed by atoms with E-state index in [0.717, 1.165) is 42.6 Å². The zero-order chi connectivity index (χ0) is 18.5. The van der Waals surface area contributed by atoms with Gasteiger partial charge in [-0.2, -0.15) is 5.10 Å². The van der Waals surface area contributed by atoms with E-state index in [1.54, 1.807) is 6.07 Å². The largest absolute Gasteiger partial charge is 0.423 e. The molecule has 1 aromatic carbocycles. The molecular weight excluding hydrogens is 338 g/mol. The Morgan fingerprint density at radius 3 is 2.81 bits per heavy atom. The molecule has 1 aliphatic heterocycles. The van der Waals surface area contributed by atoms with Crippen molar-refractivity contribution in [2.24, 2.45) is 0 Å². The number of nitrogens with one attached hydrogen (secondary N) is 1. The molecule has 3 heterocycles. The maximum Gasteiger partial charge on any atom is 0.336 e. The Bertz CT molecular complexity index is 1080. The number of hydrogen-bond donors (Lipinski definition) is 1. The molecule has 5 nitrogen and oxygen atoms in total. The zero-order valence-corrected chi connectivity index (χ0v) is 16.0. The third-order valence-corrected chi connectivity index (χ3v) is 6.37. The summed E-state index contributed by atoms with van der Waals surface area (Å²) in [6, 6.07) is 5.79. The van der Waals surface area contributed by atoms with Crippen molar-refractivity contribution in [3.8, 4) is 0 Å². The number of aromatic nitrogens is 2. The summed E-state index contributed by atoms with van der Waals surface area (Å²) in [4.78, 5) is 14.5. The summed E-state index contributed by atoms with van der Waals surface area (Å²) >= 11 is 0. The fourth-order valence-corrected chi connectivity index (χ4v) is 4.38. The van der Waals surface area contributed by atoms with E-state index in [2.05, 4.69) is 35.0 Å². The fourth-order valence-electron chi connectivity index (χ4n) is 4.38. The highest BCUT2D eigenvalue weighted by molar-refractivity contribution is 5.81. The molecule has 0 atom stereocenters. The molecule has 1 fully saturated rings. The van der Waals surface area contributed by atoms with Crippen LogP contribution in [0.3, 0.4) is 0 Å². The Hall–Kier alpha value is -2.40. The highest BCUT2D eigenvalue weighted by Gasteiger charge is 2.29. The molecule has 2 aromatic heterocycles. The average Bonchev–Trinajstić information content (AvgIpc) is 2.98. The molecule has 0 amide bonds. The Labute approximate surface area is 158 Å². The molecule has 0 saturated heterocycles. The van der Waals surface area contributed by atoms with Crippen molar-refractivity contribution in [1.29, 1.82) is 0 Å². The number of rotatable bonds is 3. The summed E-state index contributed by atoms with van der Waals surface area (Å²) in [6.07, 6.45) is 4.84. The lowest BCUT2D eigenvalue weighted by atomic mass is 9.81. The predicted octanol–water partition coefficient (Wildman–Crippen LogP) is 3.96. The number of fused-ring (bicyclic) bond motifs is 2. The van der Waals surface area contributed by atoms with Gasteiger partial charge < -0.3 is 4.42 Å². The topological polar surface area (TPSA) is 62.1 Å². The zero-order valence-electron chi connectivity index (χ0n) is 16.0. The number of nitrogens with zero attached hydrogens (tertiary/aromatic N) is 2. The average molecular weight is 363 g/mol. The molecule has 0 bridgehead atoms. The summed E-state index contributed by atoms with van der Waals surface area (Å²) in [7, 11) is 0. The smallest absolute Gasteiger partial charge is 0.336 e. The van der Waals surface area contributed by atoms with E-state index in [-0.39, 0.29) is 5.63 Å². The molecule has 0 spiro atoms. The number of H-pyrrole nitrogens is 1. The van der Waals surface area contributed by atoms with Gasteiger partial charge in [-0.05, 0) is 55.5 Å². The first kappa shape index (κ1) is 16.8. The third kappa shape index (κ3) is 2.90. The Kier molecular flexibility index (Phi) is 3.93. The first-order valence-corrected chi connectivity index (χ1v) is 9.91. The van der Waals surface area contributed by atoms with Crippen molar-refractivity contribution in [1.82, 2.24) is 15.1 Å². The molecule has 5 heteroatoms.